The van der Waals surface area contributed by atoms with Crippen molar-refractivity contribution in [1.29, 1.82) is 0 Å². The first-order valence-corrected chi connectivity index (χ1v) is 9.23. The van der Waals surface area contributed by atoms with Crippen molar-refractivity contribution in [3.05, 3.63) is 50.5 Å². The molecule has 2 heterocycles. The maximum absolute atomic E-state index is 12.7. The summed E-state index contributed by atoms with van der Waals surface area (Å²) in [5.74, 6) is -0.435. The Morgan fingerprint density at radius 2 is 1.96 bits per heavy atom. The van der Waals surface area contributed by atoms with Crippen molar-refractivity contribution in [3.8, 4) is 0 Å². The van der Waals surface area contributed by atoms with E-state index in [2.05, 4.69) is 15.4 Å². The second-order valence-electron chi connectivity index (χ2n) is 5.69. The van der Waals surface area contributed by atoms with Crippen molar-refractivity contribution in [2.24, 2.45) is 5.10 Å². The second-order valence-corrected chi connectivity index (χ2v) is 7.35. The maximum Gasteiger partial charge on any atom is 0.278 e. The Balaban J connectivity index is 1.88. The summed E-state index contributed by atoms with van der Waals surface area (Å²) in [6.07, 6.45) is 4.62. The Morgan fingerprint density at radius 3 is 2.54 bits per heavy atom. The molecular formula is C16H16ClN5O3S. The lowest BCUT2D eigenvalue weighted by molar-refractivity contribution is -0.384. The average Bonchev–Trinajstić information content (AvgIpc) is 3.05. The highest BCUT2D eigenvalue weighted by Crippen LogP contribution is 2.23. The van der Waals surface area contributed by atoms with Crippen molar-refractivity contribution < 1.29 is 9.72 Å². The molecule has 1 aromatic carbocycles. The molecule has 1 saturated heterocycles. The number of rotatable bonds is 5. The monoisotopic (exact) mass is 393 g/mol. The predicted octanol–water partition coefficient (Wildman–Crippen LogP) is 3.53. The fourth-order valence-electron chi connectivity index (χ4n) is 2.56. The van der Waals surface area contributed by atoms with Gasteiger partial charge >= 0.3 is 0 Å². The molecule has 0 bridgehead atoms. The zero-order valence-corrected chi connectivity index (χ0v) is 15.3. The van der Waals surface area contributed by atoms with E-state index in [-0.39, 0.29) is 11.4 Å². The minimum absolute atomic E-state index is 0.0433. The van der Waals surface area contributed by atoms with Crippen LogP contribution in [0.3, 0.4) is 0 Å². The van der Waals surface area contributed by atoms with Gasteiger partial charge in [-0.15, -0.1) is 0 Å². The van der Waals surface area contributed by atoms with Crippen molar-refractivity contribution >= 4 is 45.4 Å². The minimum atomic E-state index is -0.483. The topological polar surface area (TPSA) is 101 Å². The van der Waals surface area contributed by atoms with Crippen LogP contribution in [0.5, 0.6) is 0 Å². The van der Waals surface area contributed by atoms with E-state index in [4.69, 9.17) is 11.6 Å². The molecule has 0 unspecified atom stereocenters. The number of halogens is 1. The van der Waals surface area contributed by atoms with E-state index in [1.165, 1.54) is 30.5 Å². The number of thiazole rings is 1. The van der Waals surface area contributed by atoms with Gasteiger partial charge in [-0.1, -0.05) is 22.9 Å². The molecule has 1 N–H and O–H groups in total. The zero-order valence-electron chi connectivity index (χ0n) is 13.7. The number of benzene rings is 1. The quantitative estimate of drug-likeness (QED) is 0.475. The Bertz CT molecular complexity index is 831. The van der Waals surface area contributed by atoms with Crippen molar-refractivity contribution in [2.45, 2.75) is 19.3 Å². The molecule has 3 rings (SSSR count). The number of non-ortho nitro benzene ring substituents is 1. The highest BCUT2D eigenvalue weighted by atomic mass is 35.5. The summed E-state index contributed by atoms with van der Waals surface area (Å²) >= 11 is 6.99. The number of aromatic nitrogens is 1. The molecule has 8 nitrogen and oxygen atoms in total. The molecule has 0 atom stereocenters. The fourth-order valence-corrected chi connectivity index (χ4v) is 3.37. The molecule has 1 amide bonds. The number of nitro groups is 1. The van der Waals surface area contributed by atoms with Gasteiger partial charge in [0, 0.05) is 30.8 Å². The second kappa shape index (κ2) is 8.24. The summed E-state index contributed by atoms with van der Waals surface area (Å²) < 4.78 is 0.463. The number of carbonyl (C=O) groups excluding carboxylic acids is 1. The number of nitrogens with zero attached hydrogens (tertiary/aromatic N) is 4. The molecule has 10 heteroatoms. The van der Waals surface area contributed by atoms with Crippen LogP contribution in [0.1, 0.15) is 24.8 Å². The third-order valence-electron chi connectivity index (χ3n) is 3.84. The Morgan fingerprint density at radius 1 is 1.27 bits per heavy atom. The number of amides is 1. The van der Waals surface area contributed by atoms with Gasteiger partial charge in [-0.25, -0.2) is 4.98 Å². The van der Waals surface area contributed by atoms with Gasteiger partial charge in [0.15, 0.2) is 10.8 Å². The third-order valence-corrected chi connectivity index (χ3v) is 4.87. The first-order chi connectivity index (χ1) is 12.5. The van der Waals surface area contributed by atoms with Crippen LogP contribution in [0.2, 0.25) is 4.34 Å². The standard InChI is InChI=1S/C16H16ClN5O3S/c17-13-10-18-16(26-13)19-15(23)14(20-21-8-2-1-3-9-21)11-4-6-12(7-5-11)22(24)25/h4-7,10H,1-3,8-9H2,(H,18,19,23)/b20-14+. The number of hydrazone groups is 1. The predicted molar refractivity (Wildman–Crippen MR) is 101 cm³/mol. The first-order valence-electron chi connectivity index (χ1n) is 8.04. The van der Waals surface area contributed by atoms with Crippen molar-refractivity contribution in [1.82, 2.24) is 9.99 Å². The molecule has 1 aliphatic rings. The molecule has 0 radical (unpaired) electrons. The van der Waals surface area contributed by atoms with Crippen LogP contribution >= 0.6 is 22.9 Å². The van der Waals surface area contributed by atoms with Crippen molar-refractivity contribution in [3.63, 3.8) is 0 Å². The van der Waals surface area contributed by atoms with E-state index in [0.29, 0.717) is 15.0 Å². The van der Waals surface area contributed by atoms with Crippen LogP contribution in [0.4, 0.5) is 10.8 Å². The minimum Gasteiger partial charge on any atom is -0.296 e. The number of carbonyl (C=O) groups is 1. The largest absolute Gasteiger partial charge is 0.296 e. The van der Waals surface area contributed by atoms with Crippen LogP contribution in [-0.2, 0) is 4.79 Å². The van der Waals surface area contributed by atoms with E-state index in [1.807, 2.05) is 5.01 Å². The van der Waals surface area contributed by atoms with Gasteiger partial charge in [0.1, 0.15) is 4.34 Å². The van der Waals surface area contributed by atoms with Crippen LogP contribution < -0.4 is 5.32 Å². The van der Waals surface area contributed by atoms with Crippen LogP contribution in [0.25, 0.3) is 0 Å². The molecule has 0 aliphatic carbocycles. The van der Waals surface area contributed by atoms with E-state index >= 15 is 0 Å². The smallest absolute Gasteiger partial charge is 0.278 e. The van der Waals surface area contributed by atoms with E-state index in [1.54, 1.807) is 0 Å². The van der Waals surface area contributed by atoms with Gasteiger partial charge in [0.05, 0.1) is 11.1 Å². The summed E-state index contributed by atoms with van der Waals surface area (Å²) in [7, 11) is 0. The number of nitrogens with one attached hydrogen (secondary N) is 1. The molecule has 2 aromatic rings. The van der Waals surface area contributed by atoms with Gasteiger partial charge < -0.3 is 0 Å². The molecule has 1 fully saturated rings. The Kier molecular flexibility index (Phi) is 5.79. The van der Waals surface area contributed by atoms with Crippen LogP contribution in [0.15, 0.2) is 35.6 Å². The first kappa shape index (κ1) is 18.3. The molecule has 1 aromatic heterocycles. The summed E-state index contributed by atoms with van der Waals surface area (Å²) in [5.41, 5.74) is 0.646. The highest BCUT2D eigenvalue weighted by molar-refractivity contribution is 7.19. The molecule has 1 aliphatic heterocycles. The van der Waals surface area contributed by atoms with Gasteiger partial charge in [0.2, 0.25) is 0 Å². The zero-order chi connectivity index (χ0) is 18.5. The molecule has 26 heavy (non-hydrogen) atoms. The van der Waals surface area contributed by atoms with Crippen molar-refractivity contribution in [2.75, 3.05) is 18.4 Å². The Labute approximate surface area is 158 Å². The molecule has 136 valence electrons. The number of nitro benzene ring substituents is 1. The van der Waals surface area contributed by atoms with Crippen LogP contribution in [-0.4, -0.2) is 39.6 Å². The molecule has 0 spiro atoms. The van der Waals surface area contributed by atoms with E-state index in [0.717, 1.165) is 43.7 Å². The SMILES string of the molecule is O=C(Nc1ncc(Cl)s1)/C(=N/N1CCCCC1)c1ccc([N+](=O)[O-])cc1. The van der Waals surface area contributed by atoms with Gasteiger partial charge in [-0.05, 0) is 31.4 Å². The van der Waals surface area contributed by atoms with Gasteiger partial charge in [0.25, 0.3) is 11.6 Å². The summed E-state index contributed by atoms with van der Waals surface area (Å²) in [6.45, 7) is 1.54. The number of hydrogen-bond donors (Lipinski definition) is 1. The summed E-state index contributed by atoms with van der Waals surface area (Å²) in [6, 6.07) is 5.76. The number of anilines is 1. The lowest BCUT2D eigenvalue weighted by Crippen LogP contribution is -2.31. The third kappa shape index (κ3) is 4.55. The molecular weight excluding hydrogens is 378 g/mol. The van der Waals surface area contributed by atoms with Gasteiger partial charge in [-0.3, -0.25) is 25.2 Å². The number of hydrogen-bond acceptors (Lipinski definition) is 7. The number of piperidine rings is 1. The average molecular weight is 394 g/mol. The lowest BCUT2D eigenvalue weighted by Gasteiger charge is -2.24. The van der Waals surface area contributed by atoms with E-state index in [9.17, 15) is 14.9 Å². The maximum atomic E-state index is 12.7. The highest BCUT2D eigenvalue weighted by Gasteiger charge is 2.20. The van der Waals surface area contributed by atoms with Gasteiger partial charge in [-0.2, -0.15) is 5.10 Å². The van der Waals surface area contributed by atoms with Crippen LogP contribution in [0, 0.1) is 10.1 Å². The molecule has 0 saturated carbocycles. The normalized spacial score (nSPS) is 15.0. The summed E-state index contributed by atoms with van der Waals surface area (Å²) in [5, 5.41) is 20.2. The van der Waals surface area contributed by atoms with E-state index < -0.39 is 10.8 Å². The fraction of sp³-hybridized carbons (Fsp3) is 0.312. The Hall–Kier alpha value is -2.52. The summed E-state index contributed by atoms with van der Waals surface area (Å²) in [4.78, 5) is 27.1. The lowest BCUT2D eigenvalue weighted by atomic mass is 10.1.